The van der Waals surface area contributed by atoms with Crippen LogP contribution < -0.4 is 21.0 Å². The molecule has 4 N–H and O–H groups in total. The van der Waals surface area contributed by atoms with Gasteiger partial charge in [0.05, 0.1) is 19.0 Å². The number of hydrogen-bond acceptors (Lipinski definition) is 6. The van der Waals surface area contributed by atoms with Crippen molar-refractivity contribution in [2.75, 3.05) is 12.4 Å². The first kappa shape index (κ1) is 20.2. The van der Waals surface area contributed by atoms with Gasteiger partial charge in [-0.1, -0.05) is 24.3 Å². The SMILES string of the molecule is COc1cccc(-n2c(O)c(/C=N/NC(=S)Nc3ccccc3)c(=O)[nH]c2=S)c1. The smallest absolute Gasteiger partial charge is 0.264 e. The molecule has 0 unspecified atom stereocenters. The Hall–Kier alpha value is -3.50. The van der Waals surface area contributed by atoms with Crippen molar-refractivity contribution in [2.24, 2.45) is 5.10 Å². The van der Waals surface area contributed by atoms with Gasteiger partial charge in [0.1, 0.15) is 11.3 Å². The largest absolute Gasteiger partial charge is 0.497 e. The molecular weight excluding hydrogens is 410 g/mol. The molecule has 8 nitrogen and oxygen atoms in total. The molecule has 2 aromatic carbocycles. The van der Waals surface area contributed by atoms with Crippen molar-refractivity contribution in [1.29, 1.82) is 0 Å². The van der Waals surface area contributed by atoms with E-state index in [9.17, 15) is 9.90 Å². The zero-order chi connectivity index (χ0) is 20.8. The van der Waals surface area contributed by atoms with Crippen molar-refractivity contribution in [2.45, 2.75) is 0 Å². The normalized spacial score (nSPS) is 10.7. The molecule has 0 amide bonds. The van der Waals surface area contributed by atoms with E-state index in [1.54, 1.807) is 24.3 Å². The van der Waals surface area contributed by atoms with Crippen LogP contribution in [-0.2, 0) is 0 Å². The third-order valence-corrected chi connectivity index (χ3v) is 4.30. The Kier molecular flexibility index (Phi) is 6.37. The predicted molar refractivity (Wildman–Crippen MR) is 119 cm³/mol. The number of methoxy groups -OCH3 is 1. The van der Waals surface area contributed by atoms with Crippen LogP contribution in [0.1, 0.15) is 5.56 Å². The Morgan fingerprint density at radius 1 is 1.24 bits per heavy atom. The van der Waals surface area contributed by atoms with Gasteiger partial charge in [0.2, 0.25) is 5.88 Å². The molecule has 0 aliphatic heterocycles. The summed E-state index contributed by atoms with van der Waals surface area (Å²) in [5.41, 5.74) is 3.23. The summed E-state index contributed by atoms with van der Waals surface area (Å²) in [6.45, 7) is 0. The fourth-order valence-corrected chi connectivity index (χ4v) is 2.94. The summed E-state index contributed by atoms with van der Waals surface area (Å²) in [4.78, 5) is 14.8. The fourth-order valence-electron chi connectivity index (χ4n) is 2.48. The third kappa shape index (κ3) is 4.86. The number of thiocarbonyl (C=S) groups is 1. The van der Waals surface area contributed by atoms with Gasteiger partial charge >= 0.3 is 0 Å². The summed E-state index contributed by atoms with van der Waals surface area (Å²) in [5.74, 6) is 0.212. The fraction of sp³-hybridized carbons (Fsp3) is 0.0526. The second kappa shape index (κ2) is 9.13. The predicted octanol–water partition coefficient (Wildman–Crippen LogP) is 2.93. The Labute approximate surface area is 176 Å². The van der Waals surface area contributed by atoms with E-state index >= 15 is 0 Å². The molecule has 0 fully saturated rings. The Morgan fingerprint density at radius 2 is 2.00 bits per heavy atom. The molecule has 3 aromatic rings. The first-order chi connectivity index (χ1) is 14.0. The van der Waals surface area contributed by atoms with Crippen LogP contribution in [0.2, 0.25) is 0 Å². The van der Waals surface area contributed by atoms with E-state index in [1.165, 1.54) is 17.9 Å². The molecular formula is C19H17N5O3S2. The van der Waals surface area contributed by atoms with Gasteiger partial charge < -0.3 is 15.2 Å². The molecule has 0 radical (unpaired) electrons. The van der Waals surface area contributed by atoms with E-state index in [1.807, 2.05) is 30.3 Å². The van der Waals surface area contributed by atoms with Gasteiger partial charge in [-0.05, 0) is 48.7 Å². The number of ether oxygens (including phenoxy) is 1. The third-order valence-electron chi connectivity index (χ3n) is 3.82. The summed E-state index contributed by atoms with van der Waals surface area (Å²) in [5, 5.41) is 17.7. The number of para-hydroxylation sites is 1. The highest BCUT2D eigenvalue weighted by Gasteiger charge is 2.13. The van der Waals surface area contributed by atoms with Crippen molar-refractivity contribution < 1.29 is 9.84 Å². The van der Waals surface area contributed by atoms with Crippen LogP contribution in [0.15, 0.2) is 64.5 Å². The summed E-state index contributed by atoms with van der Waals surface area (Å²) in [7, 11) is 1.53. The molecule has 29 heavy (non-hydrogen) atoms. The van der Waals surface area contributed by atoms with Crippen molar-refractivity contribution in [3.05, 3.63) is 75.3 Å². The Morgan fingerprint density at radius 3 is 2.72 bits per heavy atom. The van der Waals surface area contributed by atoms with Gasteiger partial charge in [-0.2, -0.15) is 5.10 Å². The van der Waals surface area contributed by atoms with Crippen LogP contribution in [-0.4, -0.2) is 33.1 Å². The molecule has 0 bridgehead atoms. The maximum absolute atomic E-state index is 12.2. The van der Waals surface area contributed by atoms with E-state index in [2.05, 4.69) is 20.8 Å². The lowest BCUT2D eigenvalue weighted by Crippen LogP contribution is -2.25. The zero-order valence-corrected chi connectivity index (χ0v) is 16.9. The van der Waals surface area contributed by atoms with Gasteiger partial charge in [0.15, 0.2) is 9.88 Å². The number of hydrazone groups is 1. The molecule has 1 aromatic heterocycles. The second-order valence-electron chi connectivity index (χ2n) is 5.72. The number of anilines is 1. The maximum Gasteiger partial charge on any atom is 0.264 e. The van der Waals surface area contributed by atoms with Gasteiger partial charge in [-0.25, -0.2) is 0 Å². The van der Waals surface area contributed by atoms with Gasteiger partial charge in [0.25, 0.3) is 5.56 Å². The van der Waals surface area contributed by atoms with Gasteiger partial charge in [-0.15, -0.1) is 0 Å². The number of benzene rings is 2. The number of nitrogens with one attached hydrogen (secondary N) is 3. The van der Waals surface area contributed by atoms with Crippen LogP contribution in [0.4, 0.5) is 5.69 Å². The molecule has 148 valence electrons. The molecule has 0 aliphatic carbocycles. The molecule has 0 saturated carbocycles. The molecule has 3 rings (SSSR count). The molecule has 0 aliphatic rings. The highest BCUT2D eigenvalue weighted by Crippen LogP contribution is 2.22. The highest BCUT2D eigenvalue weighted by atomic mass is 32.1. The summed E-state index contributed by atoms with van der Waals surface area (Å²) < 4.78 is 6.53. The van der Waals surface area contributed by atoms with Gasteiger partial charge in [-0.3, -0.25) is 19.8 Å². The monoisotopic (exact) mass is 427 g/mol. The van der Waals surface area contributed by atoms with E-state index in [-0.39, 0.29) is 21.3 Å². The molecule has 0 saturated heterocycles. The zero-order valence-electron chi connectivity index (χ0n) is 15.2. The van der Waals surface area contributed by atoms with Crippen LogP contribution in [0.25, 0.3) is 5.69 Å². The first-order valence-corrected chi connectivity index (χ1v) is 9.19. The first-order valence-electron chi connectivity index (χ1n) is 8.37. The van der Waals surface area contributed by atoms with Crippen molar-refractivity contribution in [3.8, 4) is 17.3 Å². The van der Waals surface area contributed by atoms with Crippen LogP contribution in [0, 0.1) is 4.77 Å². The molecule has 0 spiro atoms. The molecule has 10 heteroatoms. The topological polar surface area (TPSA) is 104 Å². The number of aromatic nitrogens is 2. The average molecular weight is 428 g/mol. The maximum atomic E-state index is 12.2. The Balaban J connectivity index is 1.86. The lowest BCUT2D eigenvalue weighted by atomic mass is 10.2. The lowest BCUT2D eigenvalue weighted by molar-refractivity contribution is 0.413. The van der Waals surface area contributed by atoms with E-state index in [0.717, 1.165) is 5.69 Å². The number of aromatic hydroxyl groups is 1. The quantitative estimate of drug-likeness (QED) is 0.282. The number of rotatable bonds is 5. The summed E-state index contributed by atoms with van der Waals surface area (Å²) >= 11 is 10.3. The van der Waals surface area contributed by atoms with Crippen molar-refractivity contribution in [3.63, 3.8) is 0 Å². The lowest BCUT2D eigenvalue weighted by Gasteiger charge is -2.12. The number of aromatic amines is 1. The van der Waals surface area contributed by atoms with E-state index in [4.69, 9.17) is 29.2 Å². The number of nitrogens with zero attached hydrogens (tertiary/aromatic N) is 2. The molecule has 0 atom stereocenters. The minimum absolute atomic E-state index is 0.0344. The highest BCUT2D eigenvalue weighted by molar-refractivity contribution is 7.80. The standard InChI is InChI=1S/C19H17N5O3S2/c1-27-14-9-5-8-13(10-14)24-17(26)15(16(25)22-19(24)29)11-20-23-18(28)21-12-6-3-2-4-7-12/h2-11,26H,1H3,(H2,21,23,28)(H,22,25,29)/b20-11+. The van der Waals surface area contributed by atoms with Crippen molar-refractivity contribution >= 4 is 41.5 Å². The Bertz CT molecular complexity index is 1170. The van der Waals surface area contributed by atoms with Crippen LogP contribution in [0.5, 0.6) is 11.6 Å². The minimum atomic E-state index is -0.584. The second-order valence-corrected chi connectivity index (χ2v) is 6.52. The molecule has 1 heterocycles. The number of H-pyrrole nitrogens is 1. The van der Waals surface area contributed by atoms with E-state index in [0.29, 0.717) is 11.4 Å². The van der Waals surface area contributed by atoms with Crippen LogP contribution in [0.3, 0.4) is 0 Å². The van der Waals surface area contributed by atoms with Gasteiger partial charge in [0, 0.05) is 11.8 Å². The van der Waals surface area contributed by atoms with Crippen molar-refractivity contribution in [1.82, 2.24) is 15.0 Å². The van der Waals surface area contributed by atoms with Crippen LogP contribution >= 0.6 is 24.4 Å². The minimum Gasteiger partial charge on any atom is -0.497 e. The number of hydrogen-bond donors (Lipinski definition) is 4. The summed E-state index contributed by atoms with van der Waals surface area (Å²) in [6.07, 6.45) is 1.17. The average Bonchev–Trinajstić information content (AvgIpc) is 2.71. The van der Waals surface area contributed by atoms with E-state index < -0.39 is 5.56 Å². The summed E-state index contributed by atoms with van der Waals surface area (Å²) in [6, 6.07) is 16.2.